The predicted molar refractivity (Wildman–Crippen MR) is 258 cm³/mol. The molecule has 0 saturated heterocycles. The third-order valence-electron chi connectivity index (χ3n) is 13.5. The van der Waals surface area contributed by atoms with E-state index in [9.17, 15) is 0 Å². The second-order valence-corrected chi connectivity index (χ2v) is 16.7. The van der Waals surface area contributed by atoms with Gasteiger partial charge in [0.05, 0.1) is 18.2 Å². The van der Waals surface area contributed by atoms with Crippen LogP contribution in [0.3, 0.4) is 0 Å². The Labute approximate surface area is 379 Å². The summed E-state index contributed by atoms with van der Waals surface area (Å²) in [5.41, 5.74) is 32.0. The van der Waals surface area contributed by atoms with Gasteiger partial charge in [-0.3, -0.25) is 9.98 Å². The molecule has 61 heavy (non-hydrogen) atoms. The largest absolute Gasteiger partial charge is 2.00 e. The normalized spacial score (nSPS) is 16.4. The van der Waals surface area contributed by atoms with Crippen molar-refractivity contribution in [3.63, 3.8) is 0 Å². The topological polar surface area (TPSA) is 116 Å². The van der Waals surface area contributed by atoms with Crippen molar-refractivity contribution >= 4 is 29.2 Å². The number of amidine groups is 5. The minimum atomic E-state index is 0. The maximum absolute atomic E-state index is 6.61. The molecule has 0 aromatic heterocycles. The van der Waals surface area contributed by atoms with E-state index in [0.717, 1.165) is 73.5 Å². The molecule has 0 fully saturated rings. The van der Waals surface area contributed by atoms with Crippen molar-refractivity contribution in [2.75, 3.05) is 6.67 Å². The number of benzene rings is 3. The van der Waals surface area contributed by atoms with Crippen molar-refractivity contribution in [3.8, 4) is 12.3 Å². The number of fused-ring (bicyclic) bond motifs is 3. The molecule has 0 spiro atoms. The van der Waals surface area contributed by atoms with Crippen molar-refractivity contribution < 1.29 is 19.5 Å². The molecular formula is C52H64N8Zn. The number of nitrogens with two attached hydrogens (primary N) is 1. The molecule has 3 aliphatic heterocycles. The Balaban J connectivity index is 0.00000199. The van der Waals surface area contributed by atoms with E-state index >= 15 is 0 Å². The Kier molecular flexibility index (Phi) is 15.3. The van der Waals surface area contributed by atoms with Gasteiger partial charge in [0, 0.05) is 35.0 Å². The summed E-state index contributed by atoms with van der Waals surface area (Å²) in [6.07, 6.45) is 6.31. The zero-order chi connectivity index (χ0) is 44.7. The summed E-state index contributed by atoms with van der Waals surface area (Å²) in [5.74, 6) is 5.90. The molecule has 6 rings (SSSR count). The van der Waals surface area contributed by atoms with Gasteiger partial charge in [0.15, 0.2) is 5.84 Å². The molecule has 3 heterocycles. The van der Waals surface area contributed by atoms with E-state index in [1.54, 1.807) is 6.92 Å². The van der Waals surface area contributed by atoms with Crippen molar-refractivity contribution in [2.24, 2.45) is 30.7 Å². The first-order chi connectivity index (χ1) is 28.2. The van der Waals surface area contributed by atoms with E-state index in [1.807, 2.05) is 6.92 Å². The molecule has 0 atom stereocenters. The minimum absolute atomic E-state index is 0. The second kappa shape index (κ2) is 19.2. The van der Waals surface area contributed by atoms with Gasteiger partial charge in [-0.05, 0) is 213 Å². The number of terminal acetylenes is 1. The number of hydrogen-bond acceptors (Lipinski definition) is 5. The number of hydrogen-bond donors (Lipinski definition) is 1. The molecule has 0 bridgehead atoms. The van der Waals surface area contributed by atoms with Crippen LogP contribution in [0.1, 0.15) is 148 Å². The summed E-state index contributed by atoms with van der Waals surface area (Å²) in [5, 5.41) is 9.99. The third-order valence-corrected chi connectivity index (χ3v) is 13.5. The molecule has 3 aromatic rings. The average molecular weight is 867 g/mol. The summed E-state index contributed by atoms with van der Waals surface area (Å²) >= 11 is 0. The second-order valence-electron chi connectivity index (χ2n) is 16.7. The monoisotopic (exact) mass is 864 g/mol. The summed E-state index contributed by atoms with van der Waals surface area (Å²) in [6, 6.07) is 0. The molecule has 0 aliphatic carbocycles. The standard InChI is InChI=1S/C49H60N8.C3H4.Zn/c1-18-23(4)24(5)19-37(22(2)3)44(50)52-21-53-46-40-33(14)27(8)28(9)34(15)41(40)47(55-46)56-49-43-36(17)30(11)29(10)35(16)42(43)48(57-49)54-45-39-32(13)26(7)25(6)31(12)38(39)20-51-45;1-3-2;/h2,18-21,50H2,1,3-17H3;1H,2H3;/q-2;;+2/b24-23-,44-37+;;. The first-order valence-electron chi connectivity index (χ1n) is 21.0. The van der Waals surface area contributed by atoms with Crippen molar-refractivity contribution in [1.82, 2.24) is 0 Å². The smallest absolute Gasteiger partial charge is 0.495 e. The Morgan fingerprint density at radius 3 is 1.62 bits per heavy atom. The molecule has 3 aliphatic rings. The van der Waals surface area contributed by atoms with Gasteiger partial charge in [-0.1, -0.05) is 36.0 Å². The SMILES string of the molecule is C#CC.C=C(C)/C(C/C(C)=C(/C)CC)=C(\N)[N-]C/N=C1\N=C(N=C2[N-]C(=NC3=NCc4c(C)c(C)c(C)c(C)c43)c3c(C)c(C)c(C)c(C)c32)c2c(C)c(C)c(C)c(C)c21.[Zn+2]. The Bertz CT molecular complexity index is 2630. The molecule has 9 heteroatoms. The van der Waals surface area contributed by atoms with Gasteiger partial charge in [0.2, 0.25) is 0 Å². The van der Waals surface area contributed by atoms with Crippen LogP contribution in [0, 0.1) is 95.4 Å². The van der Waals surface area contributed by atoms with Crippen LogP contribution in [-0.4, -0.2) is 35.8 Å². The van der Waals surface area contributed by atoms with Crippen molar-refractivity contribution in [1.29, 1.82) is 0 Å². The van der Waals surface area contributed by atoms with E-state index in [0.29, 0.717) is 42.1 Å². The van der Waals surface area contributed by atoms with Crippen LogP contribution in [0.5, 0.6) is 0 Å². The van der Waals surface area contributed by atoms with Gasteiger partial charge in [0.25, 0.3) is 0 Å². The minimum Gasteiger partial charge on any atom is -0.495 e. The fourth-order valence-electron chi connectivity index (χ4n) is 8.39. The van der Waals surface area contributed by atoms with Crippen LogP contribution in [0.2, 0.25) is 0 Å². The Hall–Kier alpha value is -5.19. The van der Waals surface area contributed by atoms with Gasteiger partial charge in [-0.15, -0.1) is 12.3 Å². The summed E-state index contributed by atoms with van der Waals surface area (Å²) in [6.45, 7) is 41.2. The van der Waals surface area contributed by atoms with Crippen LogP contribution in [0.15, 0.2) is 59.7 Å². The third kappa shape index (κ3) is 8.80. The maximum atomic E-state index is 6.61. The van der Waals surface area contributed by atoms with Crippen LogP contribution in [0.25, 0.3) is 10.6 Å². The van der Waals surface area contributed by atoms with Crippen LogP contribution in [0.4, 0.5) is 0 Å². The average Bonchev–Trinajstić information content (AvgIpc) is 3.91. The molecule has 0 saturated carbocycles. The number of aliphatic imine (C=N–C) groups is 5. The molecular weight excluding hydrogens is 802 g/mol. The first kappa shape index (κ1) is 48.5. The zero-order valence-electron chi connectivity index (χ0n) is 40.0. The van der Waals surface area contributed by atoms with Gasteiger partial charge in [-0.2, -0.15) is 0 Å². The quantitative estimate of drug-likeness (QED) is 0.108. The molecule has 314 valence electrons. The van der Waals surface area contributed by atoms with E-state index in [2.05, 4.69) is 123 Å². The summed E-state index contributed by atoms with van der Waals surface area (Å²) in [4.78, 5) is 25.8. The van der Waals surface area contributed by atoms with Gasteiger partial charge in [-0.25, -0.2) is 4.99 Å². The molecule has 3 aromatic carbocycles. The molecule has 8 nitrogen and oxygen atoms in total. The molecule has 0 unspecified atom stereocenters. The van der Waals surface area contributed by atoms with Crippen LogP contribution >= 0.6 is 0 Å². The summed E-state index contributed by atoms with van der Waals surface area (Å²) in [7, 11) is 0. The molecule has 2 N–H and O–H groups in total. The van der Waals surface area contributed by atoms with Gasteiger partial charge in [0.1, 0.15) is 0 Å². The maximum Gasteiger partial charge on any atom is 2.00 e. The molecule has 0 amide bonds. The van der Waals surface area contributed by atoms with Crippen LogP contribution in [-0.2, 0) is 26.0 Å². The van der Waals surface area contributed by atoms with E-state index in [4.69, 9.17) is 41.3 Å². The zero-order valence-corrected chi connectivity index (χ0v) is 43.0. The number of rotatable bonds is 7. The van der Waals surface area contributed by atoms with E-state index < -0.39 is 0 Å². The van der Waals surface area contributed by atoms with E-state index in [-0.39, 0.29) is 26.1 Å². The first-order valence-corrected chi connectivity index (χ1v) is 21.0. The van der Waals surface area contributed by atoms with Crippen molar-refractivity contribution in [2.45, 2.75) is 137 Å². The molecule has 0 radical (unpaired) electrons. The fourth-order valence-corrected chi connectivity index (χ4v) is 8.39. The number of nitrogens with zero attached hydrogens (tertiary/aromatic N) is 7. The fraction of sp³-hybridized carbons (Fsp3) is 0.404. The summed E-state index contributed by atoms with van der Waals surface area (Å²) < 4.78 is 0. The number of allylic oxidation sites excluding steroid dienone is 4. The Morgan fingerprint density at radius 1 is 0.689 bits per heavy atom. The Morgan fingerprint density at radius 2 is 1.13 bits per heavy atom. The van der Waals surface area contributed by atoms with Gasteiger partial charge >= 0.3 is 19.5 Å². The van der Waals surface area contributed by atoms with E-state index in [1.165, 1.54) is 61.2 Å². The van der Waals surface area contributed by atoms with Crippen molar-refractivity contribution in [3.05, 3.63) is 145 Å². The predicted octanol–water partition coefficient (Wildman–Crippen LogP) is 12.3. The van der Waals surface area contributed by atoms with Crippen LogP contribution < -0.4 is 5.73 Å². The van der Waals surface area contributed by atoms with Gasteiger partial charge < -0.3 is 26.4 Å².